The minimum atomic E-state index is -0.568. The minimum absolute atomic E-state index is 0.0772. The van der Waals surface area contributed by atoms with E-state index in [1.54, 1.807) is 42.5 Å². The van der Waals surface area contributed by atoms with E-state index in [1.165, 1.54) is 13.3 Å². The van der Waals surface area contributed by atoms with Gasteiger partial charge in [-0.3, -0.25) is 9.78 Å². The van der Waals surface area contributed by atoms with Gasteiger partial charge in [-0.25, -0.2) is 10.4 Å². The van der Waals surface area contributed by atoms with Crippen LogP contribution in [0.25, 0.3) is 11.3 Å². The number of aromatic amines is 1. The van der Waals surface area contributed by atoms with E-state index >= 15 is 0 Å². The van der Waals surface area contributed by atoms with Gasteiger partial charge in [0.2, 0.25) is 5.95 Å². The summed E-state index contributed by atoms with van der Waals surface area (Å²) in [6, 6.07) is 18.3. The maximum absolute atomic E-state index is 12.3. The standard InChI is InChI=1S/C23H20N6O3/c1-31-19-11-7-10-17(21(19)32-13-6-5-12-24)15-26-29-23-27-20(16-8-3-2-4-9-16)18(14-25)22(30)28-23/h2-4,7-11,15H,5-6,13H2,1H3,(H2,27,28,29,30). The van der Waals surface area contributed by atoms with Crippen molar-refractivity contribution in [1.29, 1.82) is 10.5 Å². The molecule has 0 spiro atoms. The minimum Gasteiger partial charge on any atom is -0.493 e. The highest BCUT2D eigenvalue weighted by Crippen LogP contribution is 2.30. The first-order valence-electron chi connectivity index (χ1n) is 9.73. The number of nitrogens with zero attached hydrogens (tertiary/aromatic N) is 4. The summed E-state index contributed by atoms with van der Waals surface area (Å²) in [5.41, 5.74) is 3.58. The second-order valence-corrected chi connectivity index (χ2v) is 6.47. The molecule has 0 aliphatic heterocycles. The number of hydrogen-bond acceptors (Lipinski definition) is 8. The van der Waals surface area contributed by atoms with Gasteiger partial charge in [0, 0.05) is 17.5 Å². The highest BCUT2D eigenvalue weighted by atomic mass is 16.5. The van der Waals surface area contributed by atoms with Gasteiger partial charge in [-0.05, 0) is 18.6 Å². The molecule has 0 saturated carbocycles. The van der Waals surface area contributed by atoms with E-state index in [1.807, 2.05) is 12.1 Å². The first kappa shape index (κ1) is 22.1. The summed E-state index contributed by atoms with van der Waals surface area (Å²) in [7, 11) is 1.53. The molecule has 1 heterocycles. The lowest BCUT2D eigenvalue weighted by Gasteiger charge is -2.12. The van der Waals surface area contributed by atoms with E-state index in [-0.39, 0.29) is 17.2 Å². The number of nitriles is 2. The summed E-state index contributed by atoms with van der Waals surface area (Å²) in [5.74, 6) is 1.11. The fraction of sp³-hybridized carbons (Fsp3) is 0.174. The summed E-state index contributed by atoms with van der Waals surface area (Å²) < 4.78 is 11.1. The second kappa shape index (κ2) is 11.0. The Morgan fingerprint density at radius 2 is 2.00 bits per heavy atom. The molecular weight excluding hydrogens is 408 g/mol. The molecule has 0 saturated heterocycles. The van der Waals surface area contributed by atoms with Gasteiger partial charge in [0.15, 0.2) is 11.5 Å². The average Bonchev–Trinajstić information content (AvgIpc) is 2.82. The summed E-state index contributed by atoms with van der Waals surface area (Å²) in [6.45, 7) is 0.354. The molecule has 32 heavy (non-hydrogen) atoms. The number of benzene rings is 2. The molecule has 9 nitrogen and oxygen atoms in total. The molecule has 0 radical (unpaired) electrons. The van der Waals surface area contributed by atoms with Crippen molar-refractivity contribution in [3.05, 3.63) is 70.0 Å². The zero-order valence-electron chi connectivity index (χ0n) is 17.3. The molecule has 1 aromatic heterocycles. The fourth-order valence-electron chi connectivity index (χ4n) is 2.87. The van der Waals surface area contributed by atoms with Gasteiger partial charge < -0.3 is 9.47 Å². The summed E-state index contributed by atoms with van der Waals surface area (Å²) in [6.07, 6.45) is 2.48. The molecule has 0 atom stereocenters. The molecule has 0 bridgehead atoms. The van der Waals surface area contributed by atoms with Gasteiger partial charge >= 0.3 is 0 Å². The SMILES string of the molecule is COc1cccc(C=NNc2nc(-c3ccccc3)c(C#N)c(=O)[nH]2)c1OCCCC#N. The average molecular weight is 428 g/mol. The summed E-state index contributed by atoms with van der Waals surface area (Å²) in [4.78, 5) is 19.2. The molecule has 0 aliphatic rings. The number of rotatable bonds is 9. The number of methoxy groups -OCH3 is 1. The first-order chi connectivity index (χ1) is 15.7. The third-order valence-corrected chi connectivity index (χ3v) is 4.36. The highest BCUT2D eigenvalue weighted by molar-refractivity contribution is 5.85. The van der Waals surface area contributed by atoms with Crippen LogP contribution in [0.1, 0.15) is 24.0 Å². The first-order valence-corrected chi connectivity index (χ1v) is 9.73. The van der Waals surface area contributed by atoms with Gasteiger partial charge in [0.1, 0.15) is 11.6 Å². The Balaban J connectivity index is 1.85. The Morgan fingerprint density at radius 3 is 2.72 bits per heavy atom. The molecule has 0 aliphatic carbocycles. The molecule has 2 aromatic carbocycles. The van der Waals surface area contributed by atoms with Crippen molar-refractivity contribution in [3.8, 4) is 34.9 Å². The number of nitrogens with one attached hydrogen (secondary N) is 2. The molecule has 9 heteroatoms. The summed E-state index contributed by atoms with van der Waals surface area (Å²) >= 11 is 0. The van der Waals surface area contributed by atoms with Crippen LogP contribution in [0.2, 0.25) is 0 Å². The molecule has 160 valence electrons. The predicted octanol–water partition coefficient (Wildman–Crippen LogP) is 3.45. The number of anilines is 1. The Morgan fingerprint density at radius 1 is 1.19 bits per heavy atom. The third kappa shape index (κ3) is 5.29. The molecule has 0 amide bonds. The predicted molar refractivity (Wildman–Crippen MR) is 120 cm³/mol. The van der Waals surface area contributed by atoms with Crippen molar-refractivity contribution >= 4 is 12.2 Å². The Labute approximate surface area is 184 Å². The quantitative estimate of drug-likeness (QED) is 0.303. The smallest absolute Gasteiger partial charge is 0.270 e. The zero-order chi connectivity index (χ0) is 22.8. The topological polar surface area (TPSA) is 136 Å². The third-order valence-electron chi connectivity index (χ3n) is 4.36. The summed E-state index contributed by atoms with van der Waals surface area (Å²) in [5, 5.41) is 22.2. The van der Waals surface area contributed by atoms with Crippen molar-refractivity contribution in [2.45, 2.75) is 12.8 Å². The number of aromatic nitrogens is 2. The maximum Gasteiger partial charge on any atom is 0.270 e. The van der Waals surface area contributed by atoms with Crippen LogP contribution in [0.4, 0.5) is 5.95 Å². The Hall–Kier alpha value is -4.63. The van der Waals surface area contributed by atoms with Crippen molar-refractivity contribution in [1.82, 2.24) is 9.97 Å². The normalized spacial score (nSPS) is 10.3. The molecular formula is C23H20N6O3. The number of unbranched alkanes of at least 4 members (excludes halogenated alkanes) is 1. The number of H-pyrrole nitrogens is 1. The van der Waals surface area contributed by atoms with Gasteiger partial charge in [-0.15, -0.1) is 0 Å². The Kier molecular flexibility index (Phi) is 7.55. The van der Waals surface area contributed by atoms with E-state index in [4.69, 9.17) is 14.7 Å². The van der Waals surface area contributed by atoms with Crippen LogP contribution >= 0.6 is 0 Å². The highest BCUT2D eigenvalue weighted by Gasteiger charge is 2.13. The number of hydrazone groups is 1. The lowest BCUT2D eigenvalue weighted by molar-refractivity contribution is 0.290. The maximum atomic E-state index is 12.3. The Bertz CT molecular complexity index is 1240. The van der Waals surface area contributed by atoms with E-state index in [0.717, 1.165) is 0 Å². The lowest BCUT2D eigenvalue weighted by atomic mass is 10.1. The molecule has 2 N–H and O–H groups in total. The van der Waals surface area contributed by atoms with Gasteiger partial charge in [-0.1, -0.05) is 36.4 Å². The van der Waals surface area contributed by atoms with E-state index in [2.05, 4.69) is 26.6 Å². The lowest BCUT2D eigenvalue weighted by Crippen LogP contribution is -2.16. The number of para-hydroxylation sites is 1. The molecule has 3 rings (SSSR count). The van der Waals surface area contributed by atoms with Crippen molar-refractivity contribution in [2.24, 2.45) is 5.10 Å². The van der Waals surface area contributed by atoms with Crippen LogP contribution in [0.15, 0.2) is 58.4 Å². The fourth-order valence-corrected chi connectivity index (χ4v) is 2.87. The van der Waals surface area contributed by atoms with E-state index in [9.17, 15) is 10.1 Å². The number of ether oxygens (including phenoxy) is 2. The van der Waals surface area contributed by atoms with E-state index < -0.39 is 5.56 Å². The molecule has 0 unspecified atom stereocenters. The van der Waals surface area contributed by atoms with Crippen LogP contribution in [-0.2, 0) is 0 Å². The van der Waals surface area contributed by atoms with Crippen LogP contribution in [0.3, 0.4) is 0 Å². The monoisotopic (exact) mass is 428 g/mol. The van der Waals surface area contributed by atoms with Crippen molar-refractivity contribution in [3.63, 3.8) is 0 Å². The largest absolute Gasteiger partial charge is 0.493 e. The van der Waals surface area contributed by atoms with Crippen LogP contribution in [-0.4, -0.2) is 29.9 Å². The molecule has 3 aromatic rings. The van der Waals surface area contributed by atoms with Gasteiger partial charge in [0.25, 0.3) is 5.56 Å². The van der Waals surface area contributed by atoms with Gasteiger partial charge in [0.05, 0.1) is 31.7 Å². The van der Waals surface area contributed by atoms with Crippen LogP contribution in [0, 0.1) is 22.7 Å². The molecule has 0 fully saturated rings. The van der Waals surface area contributed by atoms with Crippen LogP contribution < -0.4 is 20.5 Å². The van der Waals surface area contributed by atoms with Gasteiger partial charge in [-0.2, -0.15) is 15.6 Å². The van der Waals surface area contributed by atoms with Crippen molar-refractivity contribution in [2.75, 3.05) is 19.1 Å². The zero-order valence-corrected chi connectivity index (χ0v) is 17.3. The second-order valence-electron chi connectivity index (χ2n) is 6.47. The van der Waals surface area contributed by atoms with Crippen molar-refractivity contribution < 1.29 is 9.47 Å². The van der Waals surface area contributed by atoms with E-state index in [0.29, 0.717) is 42.1 Å². The van der Waals surface area contributed by atoms with Crippen LogP contribution in [0.5, 0.6) is 11.5 Å². The number of hydrogen-bond donors (Lipinski definition) is 2.